The number of benzene rings is 1. The van der Waals surface area contributed by atoms with Gasteiger partial charge in [0, 0.05) is 26.7 Å². The number of halogens is 1. The first-order valence-electron chi connectivity index (χ1n) is 9.54. The first kappa shape index (κ1) is 23.8. The molecule has 154 valence electrons. The second-order valence-electron chi connectivity index (χ2n) is 6.96. The number of hydrogen-bond acceptors (Lipinski definition) is 4. The van der Waals surface area contributed by atoms with Gasteiger partial charge in [-0.25, -0.2) is 0 Å². The van der Waals surface area contributed by atoms with Crippen LogP contribution in [-0.2, 0) is 6.54 Å². The fraction of sp³-hybridized carbons (Fsp3) is 0.650. The van der Waals surface area contributed by atoms with Crippen LogP contribution in [0.4, 0.5) is 0 Å². The summed E-state index contributed by atoms with van der Waals surface area (Å²) in [6.45, 7) is 7.54. The van der Waals surface area contributed by atoms with Crippen LogP contribution in [-0.4, -0.2) is 58.3 Å². The Morgan fingerprint density at radius 2 is 1.81 bits per heavy atom. The average molecular weight is 490 g/mol. The molecule has 1 aliphatic rings. The number of nitrogens with zero attached hydrogens (tertiary/aromatic N) is 2. The molecule has 27 heavy (non-hydrogen) atoms. The summed E-state index contributed by atoms with van der Waals surface area (Å²) in [5.74, 6) is 2.90. The van der Waals surface area contributed by atoms with Crippen molar-refractivity contribution in [1.29, 1.82) is 0 Å². The topological polar surface area (TPSA) is 58.1 Å². The zero-order valence-electron chi connectivity index (χ0n) is 17.1. The molecule has 1 aromatic rings. The molecular weight excluding hydrogens is 455 g/mol. The van der Waals surface area contributed by atoms with E-state index in [1.807, 2.05) is 18.2 Å². The fourth-order valence-electron chi connectivity index (χ4n) is 3.32. The fourth-order valence-corrected chi connectivity index (χ4v) is 3.32. The molecule has 0 amide bonds. The monoisotopic (exact) mass is 490 g/mol. The van der Waals surface area contributed by atoms with Gasteiger partial charge >= 0.3 is 0 Å². The van der Waals surface area contributed by atoms with Gasteiger partial charge in [0.2, 0.25) is 0 Å². The number of rotatable bonds is 8. The van der Waals surface area contributed by atoms with Crippen molar-refractivity contribution in [2.75, 3.05) is 47.4 Å². The second-order valence-corrected chi connectivity index (χ2v) is 6.96. The molecule has 7 heteroatoms. The maximum atomic E-state index is 5.36. The Morgan fingerprint density at radius 1 is 1.11 bits per heavy atom. The van der Waals surface area contributed by atoms with E-state index in [-0.39, 0.29) is 24.0 Å². The Kier molecular flexibility index (Phi) is 11.5. The van der Waals surface area contributed by atoms with Crippen LogP contribution in [0.15, 0.2) is 23.2 Å². The molecule has 1 saturated heterocycles. The lowest BCUT2D eigenvalue weighted by Crippen LogP contribution is -2.42. The molecule has 0 aliphatic carbocycles. The molecule has 1 fully saturated rings. The molecule has 1 aromatic carbocycles. The zero-order valence-corrected chi connectivity index (χ0v) is 19.4. The predicted octanol–water partition coefficient (Wildman–Crippen LogP) is 3.11. The summed E-state index contributed by atoms with van der Waals surface area (Å²) in [6, 6.07) is 5.94. The molecule has 0 saturated carbocycles. The molecule has 1 atom stereocenters. The van der Waals surface area contributed by atoms with Gasteiger partial charge in [-0.15, -0.1) is 24.0 Å². The first-order valence-corrected chi connectivity index (χ1v) is 9.54. The summed E-state index contributed by atoms with van der Waals surface area (Å²) in [7, 11) is 5.10. The van der Waals surface area contributed by atoms with Gasteiger partial charge in [0.05, 0.1) is 14.2 Å². The number of guanidine groups is 1. The van der Waals surface area contributed by atoms with Crippen molar-refractivity contribution in [2.24, 2.45) is 10.9 Å². The van der Waals surface area contributed by atoms with Crippen molar-refractivity contribution in [3.8, 4) is 11.5 Å². The highest BCUT2D eigenvalue weighted by Gasteiger charge is 2.13. The van der Waals surface area contributed by atoms with Crippen molar-refractivity contribution < 1.29 is 9.47 Å². The highest BCUT2D eigenvalue weighted by molar-refractivity contribution is 14.0. The van der Waals surface area contributed by atoms with Gasteiger partial charge in [-0.1, -0.05) is 19.4 Å². The van der Waals surface area contributed by atoms with Crippen LogP contribution in [0.2, 0.25) is 0 Å². The van der Waals surface area contributed by atoms with Gasteiger partial charge in [-0.3, -0.25) is 4.99 Å². The quantitative estimate of drug-likeness (QED) is 0.333. The van der Waals surface area contributed by atoms with Crippen LogP contribution in [0.3, 0.4) is 0 Å². The van der Waals surface area contributed by atoms with Crippen molar-refractivity contribution in [3.05, 3.63) is 23.8 Å². The smallest absolute Gasteiger partial charge is 0.191 e. The average Bonchev–Trinajstić information content (AvgIpc) is 2.68. The van der Waals surface area contributed by atoms with Gasteiger partial charge in [-0.2, -0.15) is 0 Å². The number of aliphatic imine (C=N–C) groups is 1. The first-order chi connectivity index (χ1) is 12.7. The van der Waals surface area contributed by atoms with Gasteiger partial charge < -0.3 is 25.0 Å². The van der Waals surface area contributed by atoms with Gasteiger partial charge in [0.25, 0.3) is 0 Å². The van der Waals surface area contributed by atoms with E-state index in [1.165, 1.54) is 32.4 Å². The van der Waals surface area contributed by atoms with Crippen LogP contribution < -0.4 is 20.1 Å². The second kappa shape index (κ2) is 13.0. The Balaban J connectivity index is 0.00000364. The van der Waals surface area contributed by atoms with E-state index >= 15 is 0 Å². The number of nitrogens with one attached hydrogen (secondary N) is 2. The number of likely N-dealkylation sites (tertiary alicyclic amines) is 1. The van der Waals surface area contributed by atoms with Gasteiger partial charge in [0.15, 0.2) is 17.5 Å². The summed E-state index contributed by atoms with van der Waals surface area (Å²) < 4.78 is 10.6. The number of piperidine rings is 1. The van der Waals surface area contributed by atoms with Crippen LogP contribution in [0.25, 0.3) is 0 Å². The normalized spacial score (nSPS) is 16.2. The third-order valence-corrected chi connectivity index (χ3v) is 4.77. The van der Waals surface area contributed by atoms with Gasteiger partial charge in [0.1, 0.15) is 0 Å². The summed E-state index contributed by atoms with van der Waals surface area (Å²) in [6.07, 6.45) is 4.07. The molecule has 1 heterocycles. The number of methoxy groups -OCH3 is 2. The molecule has 0 spiro atoms. The van der Waals surface area contributed by atoms with Crippen molar-refractivity contribution in [3.63, 3.8) is 0 Å². The Labute approximate surface area is 181 Å². The third-order valence-electron chi connectivity index (χ3n) is 4.77. The minimum absolute atomic E-state index is 0. The largest absolute Gasteiger partial charge is 0.493 e. The lowest BCUT2D eigenvalue weighted by molar-refractivity contribution is 0.201. The maximum absolute atomic E-state index is 5.36. The Bertz CT molecular complexity index is 577. The van der Waals surface area contributed by atoms with Crippen molar-refractivity contribution in [1.82, 2.24) is 15.5 Å². The highest BCUT2D eigenvalue weighted by Crippen LogP contribution is 2.27. The minimum atomic E-state index is 0. The molecule has 1 unspecified atom stereocenters. The summed E-state index contributed by atoms with van der Waals surface area (Å²) in [5.41, 5.74) is 1.12. The molecule has 0 bridgehead atoms. The zero-order chi connectivity index (χ0) is 18.8. The van der Waals surface area contributed by atoms with E-state index in [2.05, 4.69) is 27.4 Å². The lowest BCUT2D eigenvalue weighted by atomic mass is 10.1. The maximum Gasteiger partial charge on any atom is 0.191 e. The number of hydrogen-bond donors (Lipinski definition) is 2. The summed E-state index contributed by atoms with van der Waals surface area (Å²) in [5, 5.41) is 6.80. The van der Waals surface area contributed by atoms with Crippen LogP contribution >= 0.6 is 24.0 Å². The molecule has 1 aliphatic heterocycles. The van der Waals surface area contributed by atoms with Crippen molar-refractivity contribution in [2.45, 2.75) is 32.7 Å². The van der Waals surface area contributed by atoms with E-state index in [0.29, 0.717) is 12.5 Å². The summed E-state index contributed by atoms with van der Waals surface area (Å²) in [4.78, 5) is 6.90. The van der Waals surface area contributed by atoms with E-state index in [0.717, 1.165) is 36.1 Å². The minimum Gasteiger partial charge on any atom is -0.493 e. The third kappa shape index (κ3) is 8.13. The van der Waals surface area contributed by atoms with Crippen LogP contribution in [0.5, 0.6) is 11.5 Å². The van der Waals surface area contributed by atoms with Crippen molar-refractivity contribution >= 4 is 29.9 Å². The highest BCUT2D eigenvalue weighted by atomic mass is 127. The van der Waals surface area contributed by atoms with E-state index < -0.39 is 0 Å². The molecule has 2 rings (SSSR count). The molecular formula is C20H35IN4O2. The molecule has 2 N–H and O–H groups in total. The predicted molar refractivity (Wildman–Crippen MR) is 123 cm³/mol. The van der Waals surface area contributed by atoms with Crippen LogP contribution in [0, 0.1) is 5.92 Å². The Hall–Kier alpha value is -1.22. The lowest BCUT2D eigenvalue weighted by Gasteiger charge is -2.29. The standard InChI is InChI=1S/C20H34N4O2.HI/c1-16(15-24-10-6-5-7-11-24)13-22-20(21-2)23-14-17-8-9-18(25-3)19(12-17)26-4;/h8-9,12,16H,5-7,10-11,13-15H2,1-4H3,(H2,21,22,23);1H. The molecule has 0 radical (unpaired) electrons. The van der Waals surface area contributed by atoms with E-state index in [9.17, 15) is 0 Å². The molecule has 6 nitrogen and oxygen atoms in total. The molecule has 0 aromatic heterocycles. The van der Waals surface area contributed by atoms with E-state index in [4.69, 9.17) is 9.47 Å². The van der Waals surface area contributed by atoms with Gasteiger partial charge in [-0.05, 0) is 49.5 Å². The Morgan fingerprint density at radius 3 is 2.44 bits per heavy atom. The number of ether oxygens (including phenoxy) is 2. The summed E-state index contributed by atoms with van der Waals surface area (Å²) >= 11 is 0. The van der Waals surface area contributed by atoms with E-state index in [1.54, 1.807) is 21.3 Å². The van der Waals surface area contributed by atoms with Crippen LogP contribution in [0.1, 0.15) is 31.7 Å². The SMILES string of the molecule is CN=C(NCc1ccc(OC)c(OC)c1)NCC(C)CN1CCCCC1.I.